The Morgan fingerprint density at radius 2 is 1.70 bits per heavy atom. The van der Waals surface area contributed by atoms with Gasteiger partial charge >= 0.3 is 0 Å². The number of carboxylic acids is 1. The molecule has 1 amide bonds. The summed E-state index contributed by atoms with van der Waals surface area (Å²) < 4.78 is 10.3. The number of carbonyl (C=O) groups is 2. The zero-order chi connectivity index (χ0) is 20.0. The van der Waals surface area contributed by atoms with Crippen LogP contribution in [0.2, 0.25) is 0 Å². The molecule has 0 aliphatic heterocycles. The lowest BCUT2D eigenvalue weighted by Crippen LogP contribution is -2.34. The predicted molar refractivity (Wildman–Crippen MR) is 92.5 cm³/mol. The number of methoxy groups -OCH3 is 2. The summed E-state index contributed by atoms with van der Waals surface area (Å²) in [6, 6.07) is 8.83. The fraction of sp³-hybridized carbons (Fsp3) is 0.222. The Balaban J connectivity index is 2.27. The van der Waals surface area contributed by atoms with Crippen LogP contribution in [0.15, 0.2) is 42.5 Å². The molecule has 9 nitrogen and oxygen atoms in total. The number of rotatable bonds is 8. The molecule has 2 rings (SSSR count). The Bertz CT molecular complexity index is 849. The van der Waals surface area contributed by atoms with Crippen LogP contribution in [0.25, 0.3) is 0 Å². The zero-order valence-corrected chi connectivity index (χ0v) is 14.6. The summed E-state index contributed by atoms with van der Waals surface area (Å²) >= 11 is 0. The SMILES string of the molecule is COc1ccc([C@@H](CC(=O)[O-])NC(=O)c2ccc([N+](=O)[O-])cc2)cc1OC. The quantitative estimate of drug-likeness (QED) is 0.544. The van der Waals surface area contributed by atoms with Gasteiger partial charge in [0.25, 0.3) is 11.6 Å². The van der Waals surface area contributed by atoms with Gasteiger partial charge in [0.2, 0.25) is 0 Å². The minimum absolute atomic E-state index is 0.155. The lowest BCUT2D eigenvalue weighted by atomic mass is 10.0. The molecule has 0 saturated carbocycles. The molecular weight excluding hydrogens is 356 g/mol. The number of hydrogen-bond donors (Lipinski definition) is 1. The molecule has 0 unspecified atom stereocenters. The van der Waals surface area contributed by atoms with Gasteiger partial charge in [-0.3, -0.25) is 14.9 Å². The third-order valence-corrected chi connectivity index (χ3v) is 3.83. The minimum Gasteiger partial charge on any atom is -0.550 e. The van der Waals surface area contributed by atoms with Crippen molar-refractivity contribution in [3.8, 4) is 11.5 Å². The smallest absolute Gasteiger partial charge is 0.269 e. The number of non-ortho nitro benzene ring substituents is 1. The van der Waals surface area contributed by atoms with Crippen LogP contribution in [0.1, 0.15) is 28.4 Å². The van der Waals surface area contributed by atoms with Crippen LogP contribution >= 0.6 is 0 Å². The highest BCUT2D eigenvalue weighted by Crippen LogP contribution is 2.31. The highest BCUT2D eigenvalue weighted by atomic mass is 16.6. The maximum absolute atomic E-state index is 12.4. The van der Waals surface area contributed by atoms with Crippen LogP contribution in [-0.2, 0) is 4.79 Å². The van der Waals surface area contributed by atoms with Crippen LogP contribution < -0.4 is 19.9 Å². The van der Waals surface area contributed by atoms with E-state index < -0.39 is 29.3 Å². The molecule has 27 heavy (non-hydrogen) atoms. The Kier molecular flexibility index (Phi) is 6.32. The van der Waals surface area contributed by atoms with Gasteiger partial charge in [0.1, 0.15) is 0 Å². The first-order valence-corrected chi connectivity index (χ1v) is 7.82. The molecule has 0 aliphatic carbocycles. The van der Waals surface area contributed by atoms with Gasteiger partial charge in [-0.25, -0.2) is 0 Å². The number of nitrogens with zero attached hydrogens (tertiary/aromatic N) is 1. The fourth-order valence-corrected chi connectivity index (χ4v) is 2.46. The summed E-state index contributed by atoms with van der Waals surface area (Å²) in [6.45, 7) is 0. The Labute approximate surface area is 154 Å². The van der Waals surface area contributed by atoms with Crippen molar-refractivity contribution in [2.75, 3.05) is 14.2 Å². The van der Waals surface area contributed by atoms with Gasteiger partial charge in [0.15, 0.2) is 11.5 Å². The summed E-state index contributed by atoms with van der Waals surface area (Å²) in [6.07, 6.45) is -0.464. The third kappa shape index (κ3) is 4.94. The van der Waals surface area contributed by atoms with Gasteiger partial charge in [-0.15, -0.1) is 0 Å². The van der Waals surface area contributed by atoms with Gasteiger partial charge in [-0.1, -0.05) is 6.07 Å². The van der Waals surface area contributed by atoms with Gasteiger partial charge in [-0.2, -0.15) is 0 Å². The summed E-state index contributed by atoms with van der Waals surface area (Å²) in [5.41, 5.74) is 0.481. The van der Waals surface area contributed by atoms with Gasteiger partial charge < -0.3 is 24.7 Å². The van der Waals surface area contributed by atoms with Crippen molar-refractivity contribution >= 4 is 17.6 Å². The second-order valence-corrected chi connectivity index (χ2v) is 5.52. The van der Waals surface area contributed by atoms with Gasteiger partial charge in [0.05, 0.1) is 25.2 Å². The van der Waals surface area contributed by atoms with E-state index in [-0.39, 0.29) is 11.3 Å². The fourth-order valence-electron chi connectivity index (χ4n) is 2.46. The number of nitro benzene ring substituents is 1. The first kappa shape index (κ1) is 19.7. The van der Waals surface area contributed by atoms with Crippen molar-refractivity contribution < 1.29 is 29.1 Å². The molecule has 9 heteroatoms. The summed E-state index contributed by atoms with van der Waals surface area (Å²) in [7, 11) is 2.90. The zero-order valence-electron chi connectivity index (χ0n) is 14.6. The molecule has 142 valence electrons. The summed E-state index contributed by atoms with van der Waals surface area (Å²) in [5.74, 6) is -1.09. The van der Waals surface area contributed by atoms with Crippen molar-refractivity contribution in [1.82, 2.24) is 5.32 Å². The van der Waals surface area contributed by atoms with Crippen LogP contribution in [0.4, 0.5) is 5.69 Å². The molecule has 0 heterocycles. The van der Waals surface area contributed by atoms with Crippen molar-refractivity contribution in [3.05, 3.63) is 63.7 Å². The number of nitro groups is 1. The first-order chi connectivity index (χ1) is 12.8. The molecule has 0 aliphatic rings. The second-order valence-electron chi connectivity index (χ2n) is 5.52. The molecule has 0 fully saturated rings. The monoisotopic (exact) mass is 373 g/mol. The number of ether oxygens (including phenoxy) is 2. The van der Waals surface area contributed by atoms with Crippen LogP contribution in [0.5, 0.6) is 11.5 Å². The average molecular weight is 373 g/mol. The number of aliphatic carboxylic acids is 1. The van der Waals surface area contributed by atoms with Gasteiger partial charge in [-0.05, 0) is 29.8 Å². The summed E-state index contributed by atoms with van der Waals surface area (Å²) in [4.78, 5) is 33.6. The number of hydrogen-bond acceptors (Lipinski definition) is 7. The maximum atomic E-state index is 12.4. The largest absolute Gasteiger partial charge is 0.550 e. The van der Waals surface area contributed by atoms with Crippen molar-refractivity contribution in [2.24, 2.45) is 0 Å². The second kappa shape index (κ2) is 8.65. The normalized spacial score (nSPS) is 11.3. The van der Waals surface area contributed by atoms with Gasteiger partial charge in [0, 0.05) is 30.1 Å². The average Bonchev–Trinajstić information content (AvgIpc) is 2.66. The van der Waals surface area contributed by atoms with E-state index >= 15 is 0 Å². The molecular formula is C18H17N2O7-. The Hall–Kier alpha value is -3.62. The van der Waals surface area contributed by atoms with Crippen LogP contribution in [0.3, 0.4) is 0 Å². The lowest BCUT2D eigenvalue weighted by Gasteiger charge is -2.21. The lowest BCUT2D eigenvalue weighted by molar-refractivity contribution is -0.384. The molecule has 0 spiro atoms. The van der Waals surface area contributed by atoms with E-state index in [1.54, 1.807) is 18.2 Å². The standard InChI is InChI=1S/C18H18N2O7/c1-26-15-8-5-12(9-16(15)27-2)14(10-17(21)22)19-18(23)11-3-6-13(7-4-11)20(24)25/h3-9,14H,10H2,1-2H3,(H,19,23)(H,21,22)/p-1/t14-/m1/s1. The molecule has 2 aromatic rings. The van der Waals surface area contributed by atoms with E-state index in [0.717, 1.165) is 0 Å². The number of nitrogens with one attached hydrogen (secondary N) is 1. The highest BCUT2D eigenvalue weighted by molar-refractivity contribution is 5.94. The summed E-state index contributed by atoms with van der Waals surface area (Å²) in [5, 5.41) is 24.4. The van der Waals surface area contributed by atoms with E-state index in [4.69, 9.17) is 9.47 Å². The number of carboxylic acid groups (broad SMARTS) is 1. The third-order valence-electron chi connectivity index (χ3n) is 3.83. The van der Waals surface area contributed by atoms with E-state index in [2.05, 4.69) is 5.32 Å². The highest BCUT2D eigenvalue weighted by Gasteiger charge is 2.19. The van der Waals surface area contributed by atoms with Crippen LogP contribution in [-0.4, -0.2) is 31.0 Å². The van der Waals surface area contributed by atoms with Crippen molar-refractivity contribution in [1.29, 1.82) is 0 Å². The Morgan fingerprint density at radius 3 is 2.22 bits per heavy atom. The molecule has 0 bridgehead atoms. The van der Waals surface area contributed by atoms with E-state index in [9.17, 15) is 24.8 Å². The number of benzene rings is 2. The van der Waals surface area contributed by atoms with E-state index in [1.807, 2.05) is 0 Å². The first-order valence-electron chi connectivity index (χ1n) is 7.82. The number of carbonyl (C=O) groups excluding carboxylic acids is 2. The van der Waals surface area contributed by atoms with E-state index in [0.29, 0.717) is 17.1 Å². The molecule has 0 aromatic heterocycles. The molecule has 0 radical (unpaired) electrons. The maximum Gasteiger partial charge on any atom is 0.269 e. The molecule has 0 saturated heterocycles. The van der Waals surface area contributed by atoms with Crippen molar-refractivity contribution in [3.63, 3.8) is 0 Å². The molecule has 1 atom stereocenters. The van der Waals surface area contributed by atoms with Crippen molar-refractivity contribution in [2.45, 2.75) is 12.5 Å². The minimum atomic E-state index is -1.35. The molecule has 1 N–H and O–H groups in total. The Morgan fingerprint density at radius 1 is 1.07 bits per heavy atom. The van der Waals surface area contributed by atoms with E-state index in [1.165, 1.54) is 38.5 Å². The molecule has 2 aromatic carbocycles. The topological polar surface area (TPSA) is 131 Å². The van der Waals surface area contributed by atoms with Crippen LogP contribution in [0, 0.1) is 10.1 Å². The predicted octanol–water partition coefficient (Wildman–Crippen LogP) is 1.22. The number of amides is 1.